The number of carbonyl (C=O) groups excluding carboxylic acids is 3. The average Bonchev–Trinajstić information content (AvgIpc) is 3.49. The van der Waals surface area contributed by atoms with Crippen molar-refractivity contribution in [3.05, 3.63) is 109 Å². The Morgan fingerprint density at radius 2 is 0.470 bits per heavy atom. The number of unbranched alkanes of at least 4 members (excludes halogenated alkanes) is 35. The van der Waals surface area contributed by atoms with Gasteiger partial charge in [-0.1, -0.05) is 304 Å². The molecule has 83 heavy (non-hydrogen) atoms. The Labute approximate surface area is 514 Å². The lowest BCUT2D eigenvalue weighted by Crippen LogP contribution is -2.30. The van der Waals surface area contributed by atoms with Gasteiger partial charge in [0, 0.05) is 19.3 Å². The van der Waals surface area contributed by atoms with Crippen LogP contribution in [-0.4, -0.2) is 37.2 Å². The van der Waals surface area contributed by atoms with Crippen LogP contribution in [0.1, 0.15) is 342 Å². The lowest BCUT2D eigenvalue weighted by molar-refractivity contribution is -0.167. The van der Waals surface area contributed by atoms with Gasteiger partial charge in [0.15, 0.2) is 6.10 Å². The molecule has 0 aliphatic rings. The maximum Gasteiger partial charge on any atom is 0.306 e. The molecule has 0 aliphatic heterocycles. The Kier molecular flexibility index (Phi) is 67.2. The summed E-state index contributed by atoms with van der Waals surface area (Å²) in [6.07, 6.45) is 96.9. The van der Waals surface area contributed by atoms with E-state index in [1.54, 1.807) is 0 Å². The summed E-state index contributed by atoms with van der Waals surface area (Å²) in [4.78, 5) is 38.4. The van der Waals surface area contributed by atoms with Gasteiger partial charge in [0.2, 0.25) is 0 Å². The van der Waals surface area contributed by atoms with Crippen LogP contribution in [-0.2, 0) is 28.6 Å². The lowest BCUT2D eigenvalue weighted by atomic mass is 10.0. The van der Waals surface area contributed by atoms with E-state index < -0.39 is 6.10 Å². The number of allylic oxidation sites excluding steroid dienone is 18. The van der Waals surface area contributed by atoms with Crippen molar-refractivity contribution in [3.8, 4) is 0 Å². The third-order valence-electron chi connectivity index (χ3n) is 15.2. The number of carbonyl (C=O) groups is 3. The molecule has 0 aromatic heterocycles. The van der Waals surface area contributed by atoms with Crippen LogP contribution >= 0.6 is 0 Å². The quantitative estimate of drug-likeness (QED) is 0.0261. The van der Waals surface area contributed by atoms with Gasteiger partial charge in [0.05, 0.1) is 0 Å². The minimum absolute atomic E-state index is 0.0836. The van der Waals surface area contributed by atoms with Crippen molar-refractivity contribution in [2.75, 3.05) is 13.2 Å². The molecule has 0 fully saturated rings. The number of hydrogen-bond donors (Lipinski definition) is 0. The fourth-order valence-electron chi connectivity index (χ4n) is 9.94. The van der Waals surface area contributed by atoms with Gasteiger partial charge in [-0.05, 0) is 128 Å². The Hall–Kier alpha value is -3.93. The van der Waals surface area contributed by atoms with Gasteiger partial charge in [-0.3, -0.25) is 14.4 Å². The van der Waals surface area contributed by atoms with Crippen LogP contribution in [0.5, 0.6) is 0 Å². The van der Waals surface area contributed by atoms with Gasteiger partial charge in [-0.15, -0.1) is 0 Å². The van der Waals surface area contributed by atoms with Gasteiger partial charge in [0.25, 0.3) is 0 Å². The zero-order valence-corrected chi connectivity index (χ0v) is 54.7. The Morgan fingerprint density at radius 1 is 0.253 bits per heavy atom. The molecule has 0 saturated heterocycles. The van der Waals surface area contributed by atoms with Crippen molar-refractivity contribution < 1.29 is 28.6 Å². The van der Waals surface area contributed by atoms with E-state index in [1.165, 1.54) is 173 Å². The van der Waals surface area contributed by atoms with Gasteiger partial charge < -0.3 is 14.2 Å². The van der Waals surface area contributed by atoms with Crippen LogP contribution < -0.4 is 0 Å². The van der Waals surface area contributed by atoms with Crippen LogP contribution in [0.4, 0.5) is 0 Å². The molecule has 0 amide bonds. The van der Waals surface area contributed by atoms with Gasteiger partial charge >= 0.3 is 17.9 Å². The zero-order valence-electron chi connectivity index (χ0n) is 54.7. The molecule has 476 valence electrons. The highest BCUT2D eigenvalue weighted by Gasteiger charge is 2.19. The maximum atomic E-state index is 12.9. The molecule has 0 aromatic carbocycles. The Balaban J connectivity index is 4.18. The molecule has 0 aromatic rings. The SMILES string of the molecule is CC/C=C\C/C=C\C/C=C\C/C=C\C/C=C\C/C=C\CCCCCCCCCCCCCCCCCCC(=O)OCC(COC(=O)CCCCCCC/C=C\CCCCCCCC)OC(=O)CCCCCCC/C=C\C/C=C\CCCCC. The van der Waals surface area contributed by atoms with E-state index in [2.05, 4.69) is 130 Å². The number of rotatable bonds is 64. The predicted octanol–water partition coefficient (Wildman–Crippen LogP) is 24.6. The van der Waals surface area contributed by atoms with Gasteiger partial charge in [-0.25, -0.2) is 0 Å². The smallest absolute Gasteiger partial charge is 0.306 e. The second-order valence-electron chi connectivity index (χ2n) is 23.4. The summed E-state index contributed by atoms with van der Waals surface area (Å²) >= 11 is 0. The summed E-state index contributed by atoms with van der Waals surface area (Å²) < 4.78 is 16.9. The first-order chi connectivity index (χ1) is 41.0. The first kappa shape index (κ1) is 79.1. The van der Waals surface area contributed by atoms with Crippen molar-refractivity contribution in [1.82, 2.24) is 0 Å². The highest BCUT2D eigenvalue weighted by molar-refractivity contribution is 5.71. The zero-order chi connectivity index (χ0) is 59.9. The van der Waals surface area contributed by atoms with Crippen LogP contribution in [0.3, 0.4) is 0 Å². The monoisotopic (exact) mass is 1150 g/mol. The highest BCUT2D eigenvalue weighted by atomic mass is 16.6. The van der Waals surface area contributed by atoms with Gasteiger partial charge in [-0.2, -0.15) is 0 Å². The molecule has 0 saturated carbocycles. The minimum atomic E-state index is -0.789. The Morgan fingerprint density at radius 3 is 0.771 bits per heavy atom. The molecule has 0 aliphatic carbocycles. The van der Waals surface area contributed by atoms with Crippen LogP contribution in [0, 0.1) is 0 Å². The molecular weight excluding hydrogens is 1020 g/mol. The minimum Gasteiger partial charge on any atom is -0.462 e. The van der Waals surface area contributed by atoms with E-state index in [0.29, 0.717) is 19.3 Å². The third kappa shape index (κ3) is 68.7. The maximum absolute atomic E-state index is 12.9. The van der Waals surface area contributed by atoms with Crippen molar-refractivity contribution >= 4 is 17.9 Å². The summed E-state index contributed by atoms with van der Waals surface area (Å²) in [7, 11) is 0. The van der Waals surface area contributed by atoms with E-state index in [0.717, 1.165) is 128 Å². The molecule has 0 heterocycles. The summed E-state index contributed by atoms with van der Waals surface area (Å²) in [6.45, 7) is 6.51. The molecular formula is C77H132O6. The summed E-state index contributed by atoms with van der Waals surface area (Å²) in [6, 6.07) is 0. The predicted molar refractivity (Wildman–Crippen MR) is 362 cm³/mol. The molecule has 1 unspecified atom stereocenters. The van der Waals surface area contributed by atoms with E-state index >= 15 is 0 Å². The molecule has 0 N–H and O–H groups in total. The number of esters is 3. The van der Waals surface area contributed by atoms with Crippen LogP contribution in [0.25, 0.3) is 0 Å². The fraction of sp³-hybridized carbons (Fsp3) is 0.727. The number of ether oxygens (including phenoxy) is 3. The second-order valence-corrected chi connectivity index (χ2v) is 23.4. The molecule has 0 spiro atoms. The van der Waals surface area contributed by atoms with E-state index in [4.69, 9.17) is 14.2 Å². The first-order valence-corrected chi connectivity index (χ1v) is 35.4. The van der Waals surface area contributed by atoms with Crippen molar-refractivity contribution in [2.24, 2.45) is 0 Å². The van der Waals surface area contributed by atoms with Gasteiger partial charge in [0.1, 0.15) is 13.2 Å². The largest absolute Gasteiger partial charge is 0.462 e. The fourth-order valence-corrected chi connectivity index (χ4v) is 9.94. The van der Waals surface area contributed by atoms with Crippen LogP contribution in [0.2, 0.25) is 0 Å². The summed E-state index contributed by atoms with van der Waals surface area (Å²) in [5, 5.41) is 0. The molecule has 6 heteroatoms. The summed E-state index contributed by atoms with van der Waals surface area (Å²) in [5.41, 5.74) is 0. The normalized spacial score (nSPS) is 12.8. The molecule has 0 rings (SSSR count). The standard InChI is InChI=1S/C77H132O6/c1-4-7-10-13-16-19-22-25-28-29-30-31-32-33-34-35-36-37-38-39-40-41-42-43-44-45-46-47-50-52-55-58-61-64-67-70-76(79)82-73-74(83-77(80)71-68-65-62-59-56-53-49-27-24-21-18-15-12-9-6-3)72-81-75(78)69-66-63-60-57-54-51-48-26-23-20-17-14-11-8-5-2/h7,10,16,18-19,21,25-28,30-31,33-34,36-37,48-49,74H,4-6,8-9,11-15,17,20,22-24,29,32,35,38-47,50-73H2,1-3H3/b10-7-,19-16-,21-18-,28-25-,31-30-,34-33-,37-36-,48-26-,49-27-. The van der Waals surface area contributed by atoms with Crippen molar-refractivity contribution in [3.63, 3.8) is 0 Å². The van der Waals surface area contributed by atoms with Crippen molar-refractivity contribution in [1.29, 1.82) is 0 Å². The lowest BCUT2D eigenvalue weighted by Gasteiger charge is -2.18. The molecule has 0 bridgehead atoms. The summed E-state index contributed by atoms with van der Waals surface area (Å²) in [5.74, 6) is -0.893. The Bertz CT molecular complexity index is 1660. The van der Waals surface area contributed by atoms with Crippen LogP contribution in [0.15, 0.2) is 109 Å². The number of hydrogen-bond acceptors (Lipinski definition) is 6. The molecule has 0 radical (unpaired) electrons. The highest BCUT2D eigenvalue weighted by Crippen LogP contribution is 2.17. The molecule has 6 nitrogen and oxygen atoms in total. The van der Waals surface area contributed by atoms with E-state index in [9.17, 15) is 14.4 Å². The third-order valence-corrected chi connectivity index (χ3v) is 15.2. The van der Waals surface area contributed by atoms with Crippen molar-refractivity contribution in [2.45, 2.75) is 348 Å². The molecule has 1 atom stereocenters. The topological polar surface area (TPSA) is 78.9 Å². The second kappa shape index (κ2) is 70.6. The first-order valence-electron chi connectivity index (χ1n) is 35.4. The van der Waals surface area contributed by atoms with E-state index in [1.807, 2.05) is 0 Å². The average molecular weight is 1150 g/mol. The van der Waals surface area contributed by atoms with E-state index in [-0.39, 0.29) is 31.1 Å².